The molecular formula is C18H17BrO7. The van der Waals surface area contributed by atoms with Gasteiger partial charge >= 0.3 is 11.9 Å². The molecule has 1 atom stereocenters. The first-order chi connectivity index (χ1) is 12.1. The number of hydrogen-bond donors (Lipinski definition) is 2. The van der Waals surface area contributed by atoms with Crippen molar-refractivity contribution < 1.29 is 34.1 Å². The van der Waals surface area contributed by atoms with E-state index in [1.54, 1.807) is 13.8 Å². The molecule has 2 rings (SSSR count). The monoisotopic (exact) mass is 424 g/mol. The lowest BCUT2D eigenvalue weighted by Crippen LogP contribution is -2.27. The minimum atomic E-state index is -1.30. The van der Waals surface area contributed by atoms with Crippen molar-refractivity contribution in [2.45, 2.75) is 20.8 Å². The van der Waals surface area contributed by atoms with Crippen LogP contribution in [0.4, 0.5) is 0 Å². The SMILES string of the molecule is COC1=CC(=O)C=C(C)C1C(=O)Oc1c(C)c(C)c(C(=O)O)c(O)c1Br. The number of methoxy groups -OCH3 is 1. The minimum Gasteiger partial charge on any atom is -0.506 e. The third-order valence-electron chi connectivity index (χ3n) is 4.20. The van der Waals surface area contributed by atoms with Gasteiger partial charge in [-0.15, -0.1) is 0 Å². The molecule has 0 saturated heterocycles. The number of phenols is 1. The van der Waals surface area contributed by atoms with Crippen LogP contribution in [-0.2, 0) is 14.3 Å². The van der Waals surface area contributed by atoms with Gasteiger partial charge in [-0.1, -0.05) is 0 Å². The summed E-state index contributed by atoms with van der Waals surface area (Å²) in [6.07, 6.45) is 2.52. The summed E-state index contributed by atoms with van der Waals surface area (Å²) < 4.78 is 10.5. The van der Waals surface area contributed by atoms with E-state index in [9.17, 15) is 24.6 Å². The van der Waals surface area contributed by atoms with E-state index in [1.165, 1.54) is 26.2 Å². The van der Waals surface area contributed by atoms with E-state index in [0.29, 0.717) is 11.1 Å². The number of halogens is 1. The first kappa shape index (κ1) is 19.7. The van der Waals surface area contributed by atoms with Crippen LogP contribution in [0.3, 0.4) is 0 Å². The predicted octanol–water partition coefficient (Wildman–Crippen LogP) is 3.05. The lowest BCUT2D eigenvalue weighted by atomic mass is 9.92. The Morgan fingerprint density at radius 3 is 2.31 bits per heavy atom. The van der Waals surface area contributed by atoms with Crippen molar-refractivity contribution in [2.24, 2.45) is 5.92 Å². The lowest BCUT2D eigenvalue weighted by Gasteiger charge is -2.23. The number of rotatable bonds is 4. The second-order valence-corrected chi connectivity index (χ2v) is 6.61. The summed E-state index contributed by atoms with van der Waals surface area (Å²) in [7, 11) is 1.34. The summed E-state index contributed by atoms with van der Waals surface area (Å²) >= 11 is 3.09. The number of ether oxygens (including phenoxy) is 2. The Morgan fingerprint density at radius 2 is 1.77 bits per heavy atom. The van der Waals surface area contributed by atoms with Gasteiger partial charge < -0.3 is 19.7 Å². The smallest absolute Gasteiger partial charge is 0.339 e. The molecule has 2 N–H and O–H groups in total. The molecule has 7 nitrogen and oxygen atoms in total. The zero-order valence-corrected chi connectivity index (χ0v) is 16.1. The first-order valence-electron chi connectivity index (χ1n) is 7.54. The number of ketones is 1. The van der Waals surface area contributed by atoms with Crippen LogP contribution in [0.5, 0.6) is 11.5 Å². The number of aromatic carboxylic acids is 1. The molecule has 0 amide bonds. The number of esters is 1. The van der Waals surface area contributed by atoms with E-state index in [1.807, 2.05) is 0 Å². The first-order valence-corrected chi connectivity index (χ1v) is 8.33. The van der Waals surface area contributed by atoms with Crippen LogP contribution < -0.4 is 4.74 Å². The van der Waals surface area contributed by atoms with Crippen molar-refractivity contribution in [3.63, 3.8) is 0 Å². The third kappa shape index (κ3) is 3.37. The molecule has 26 heavy (non-hydrogen) atoms. The minimum absolute atomic E-state index is 0.00940. The lowest BCUT2D eigenvalue weighted by molar-refractivity contribution is -0.137. The molecule has 0 radical (unpaired) electrons. The fraction of sp³-hybridized carbons (Fsp3) is 0.278. The summed E-state index contributed by atoms with van der Waals surface area (Å²) in [6, 6.07) is 0. The number of allylic oxidation sites excluding steroid dienone is 2. The average molecular weight is 425 g/mol. The maximum absolute atomic E-state index is 12.7. The van der Waals surface area contributed by atoms with Gasteiger partial charge in [0.2, 0.25) is 0 Å². The third-order valence-corrected chi connectivity index (χ3v) is 4.94. The van der Waals surface area contributed by atoms with Crippen LogP contribution in [0.2, 0.25) is 0 Å². The van der Waals surface area contributed by atoms with Gasteiger partial charge in [-0.3, -0.25) is 9.59 Å². The Bertz CT molecular complexity index is 851. The van der Waals surface area contributed by atoms with Crippen LogP contribution in [0, 0.1) is 19.8 Å². The Balaban J connectivity index is 2.48. The maximum atomic E-state index is 12.7. The number of carboxylic acids is 1. The number of benzene rings is 1. The van der Waals surface area contributed by atoms with Gasteiger partial charge in [-0.25, -0.2) is 4.79 Å². The second-order valence-electron chi connectivity index (χ2n) is 5.82. The molecule has 1 aliphatic rings. The van der Waals surface area contributed by atoms with E-state index in [-0.39, 0.29) is 32.9 Å². The number of carbonyl (C=O) groups is 3. The normalized spacial score (nSPS) is 16.7. The molecule has 1 aromatic rings. The standard InChI is InChI=1S/C18H17BrO7/c1-7-5-10(20)6-11(25-4)12(7)18(24)26-16-9(3)8(2)13(17(22)23)15(21)14(16)19/h5-6,12,21H,1-4H3,(H,22,23). The number of hydrogen-bond acceptors (Lipinski definition) is 6. The van der Waals surface area contributed by atoms with Gasteiger partial charge in [0.05, 0.1) is 7.11 Å². The summed E-state index contributed by atoms with van der Waals surface area (Å²) in [4.78, 5) is 35.6. The number of carbonyl (C=O) groups excluding carboxylic acids is 2. The summed E-state index contributed by atoms with van der Waals surface area (Å²) in [5.41, 5.74) is 0.841. The molecule has 0 fully saturated rings. The van der Waals surface area contributed by atoms with Crippen molar-refractivity contribution in [1.82, 2.24) is 0 Å². The quantitative estimate of drug-likeness (QED) is 0.564. The van der Waals surface area contributed by atoms with Crippen LogP contribution in [-0.4, -0.2) is 35.0 Å². The molecule has 0 saturated carbocycles. The molecule has 1 aromatic carbocycles. The number of aromatic hydroxyl groups is 1. The zero-order chi connectivity index (χ0) is 19.8. The summed E-state index contributed by atoms with van der Waals surface area (Å²) in [5, 5.41) is 19.4. The van der Waals surface area contributed by atoms with Gasteiger partial charge in [0.25, 0.3) is 0 Å². The fourth-order valence-corrected chi connectivity index (χ4v) is 3.31. The van der Waals surface area contributed by atoms with E-state index in [2.05, 4.69) is 15.9 Å². The molecule has 8 heteroatoms. The van der Waals surface area contributed by atoms with Crippen LogP contribution in [0.25, 0.3) is 0 Å². The molecular weight excluding hydrogens is 408 g/mol. The van der Waals surface area contributed by atoms with E-state index in [0.717, 1.165) is 0 Å². The Morgan fingerprint density at radius 1 is 1.15 bits per heavy atom. The molecule has 1 aliphatic carbocycles. The van der Waals surface area contributed by atoms with Crippen molar-refractivity contribution in [3.05, 3.63) is 44.6 Å². The largest absolute Gasteiger partial charge is 0.506 e. The zero-order valence-electron chi connectivity index (χ0n) is 14.5. The van der Waals surface area contributed by atoms with Crippen LogP contribution in [0.1, 0.15) is 28.4 Å². The Kier molecular flexibility index (Phi) is 5.56. The summed E-state index contributed by atoms with van der Waals surface area (Å²) in [6.45, 7) is 4.69. The van der Waals surface area contributed by atoms with Gasteiger partial charge in [-0.2, -0.15) is 0 Å². The average Bonchev–Trinajstić information content (AvgIpc) is 2.55. The topological polar surface area (TPSA) is 110 Å². The Labute approximate surface area is 158 Å². The molecule has 0 bridgehead atoms. The van der Waals surface area contributed by atoms with Gasteiger partial charge in [0.1, 0.15) is 27.5 Å². The second kappa shape index (κ2) is 7.33. The maximum Gasteiger partial charge on any atom is 0.339 e. The van der Waals surface area contributed by atoms with Crippen LogP contribution >= 0.6 is 15.9 Å². The predicted molar refractivity (Wildman–Crippen MR) is 95.2 cm³/mol. The highest BCUT2D eigenvalue weighted by Crippen LogP contribution is 2.42. The van der Waals surface area contributed by atoms with E-state index >= 15 is 0 Å². The highest BCUT2D eigenvalue weighted by Gasteiger charge is 2.33. The Hall–Kier alpha value is -2.61. The molecule has 138 valence electrons. The highest BCUT2D eigenvalue weighted by molar-refractivity contribution is 9.10. The van der Waals surface area contributed by atoms with Gasteiger partial charge in [-0.05, 0) is 59.5 Å². The summed E-state index contributed by atoms with van der Waals surface area (Å²) in [5.74, 6) is -3.59. The van der Waals surface area contributed by atoms with Crippen molar-refractivity contribution in [1.29, 1.82) is 0 Å². The molecule has 0 aromatic heterocycles. The molecule has 1 unspecified atom stereocenters. The van der Waals surface area contributed by atoms with Crippen molar-refractivity contribution >= 4 is 33.7 Å². The van der Waals surface area contributed by atoms with Crippen molar-refractivity contribution in [2.75, 3.05) is 7.11 Å². The fourth-order valence-electron chi connectivity index (χ4n) is 2.74. The molecule has 0 heterocycles. The van der Waals surface area contributed by atoms with E-state index < -0.39 is 23.6 Å². The van der Waals surface area contributed by atoms with Crippen LogP contribution in [0.15, 0.2) is 28.0 Å². The van der Waals surface area contributed by atoms with E-state index in [4.69, 9.17) is 9.47 Å². The van der Waals surface area contributed by atoms with Gasteiger partial charge in [0, 0.05) is 6.08 Å². The number of carboxylic acid groups (broad SMARTS) is 1. The van der Waals surface area contributed by atoms with Gasteiger partial charge in [0.15, 0.2) is 11.5 Å². The van der Waals surface area contributed by atoms with Crippen molar-refractivity contribution in [3.8, 4) is 11.5 Å². The highest BCUT2D eigenvalue weighted by atomic mass is 79.9. The molecule has 0 aliphatic heterocycles. The molecule has 0 spiro atoms.